The van der Waals surface area contributed by atoms with Crippen LogP contribution in [0, 0.1) is 0 Å². The van der Waals surface area contributed by atoms with Crippen molar-refractivity contribution in [1.29, 1.82) is 0 Å². The van der Waals surface area contributed by atoms with Gasteiger partial charge in [0.25, 0.3) is 0 Å². The molecule has 0 saturated heterocycles. The van der Waals surface area contributed by atoms with Crippen LogP contribution in [0.5, 0.6) is 17.2 Å². The quantitative estimate of drug-likeness (QED) is 0.737. The normalized spacial score (nSPS) is 10.6. The van der Waals surface area contributed by atoms with E-state index in [0.717, 1.165) is 23.1 Å². The first-order chi connectivity index (χ1) is 9.10. The Morgan fingerprint density at radius 2 is 1.58 bits per heavy atom. The van der Waals surface area contributed by atoms with Crippen molar-refractivity contribution in [3.8, 4) is 28.4 Å². The highest BCUT2D eigenvalue weighted by Gasteiger charge is 2.17. The summed E-state index contributed by atoms with van der Waals surface area (Å²) in [4.78, 5) is 0. The molecule has 0 aliphatic rings. The van der Waals surface area contributed by atoms with Gasteiger partial charge in [-0.05, 0) is 36.1 Å². The van der Waals surface area contributed by atoms with Crippen molar-refractivity contribution in [2.75, 3.05) is 0 Å². The standard InChI is InChI=1S/C16H18O3/c1-3-10-8-9-13(17)11(4-2)15(10)12-6-5-7-14(18)16(12)19/h5-9,17-19H,3-4H2,1-2H3. The molecule has 3 N–H and O–H groups in total. The van der Waals surface area contributed by atoms with E-state index >= 15 is 0 Å². The molecule has 0 radical (unpaired) electrons. The molecule has 0 amide bonds. The van der Waals surface area contributed by atoms with Gasteiger partial charge in [0, 0.05) is 11.1 Å². The Morgan fingerprint density at radius 3 is 2.21 bits per heavy atom. The van der Waals surface area contributed by atoms with E-state index in [2.05, 4.69) is 0 Å². The average molecular weight is 258 g/mol. The number of para-hydroxylation sites is 1. The molecule has 0 aliphatic carbocycles. The molecule has 3 nitrogen and oxygen atoms in total. The van der Waals surface area contributed by atoms with Crippen LogP contribution in [-0.2, 0) is 12.8 Å². The van der Waals surface area contributed by atoms with E-state index in [9.17, 15) is 15.3 Å². The molecule has 0 fully saturated rings. The van der Waals surface area contributed by atoms with E-state index in [0.29, 0.717) is 12.0 Å². The molecule has 19 heavy (non-hydrogen) atoms. The summed E-state index contributed by atoms with van der Waals surface area (Å²) < 4.78 is 0. The van der Waals surface area contributed by atoms with Gasteiger partial charge in [-0.1, -0.05) is 32.0 Å². The molecule has 2 rings (SSSR count). The van der Waals surface area contributed by atoms with Crippen LogP contribution < -0.4 is 0 Å². The van der Waals surface area contributed by atoms with Crippen molar-refractivity contribution in [3.63, 3.8) is 0 Å². The van der Waals surface area contributed by atoms with E-state index in [1.54, 1.807) is 18.2 Å². The maximum absolute atomic E-state index is 10.1. The van der Waals surface area contributed by atoms with E-state index < -0.39 is 0 Å². The van der Waals surface area contributed by atoms with Crippen LogP contribution in [0.2, 0.25) is 0 Å². The van der Waals surface area contributed by atoms with E-state index in [4.69, 9.17) is 0 Å². The Bertz CT molecular complexity index is 603. The molecular formula is C16H18O3. The molecule has 0 spiro atoms. The van der Waals surface area contributed by atoms with Crippen LogP contribution in [0.3, 0.4) is 0 Å². The molecule has 0 aromatic heterocycles. The number of aromatic hydroxyl groups is 3. The molecule has 3 heteroatoms. The Morgan fingerprint density at radius 1 is 0.842 bits per heavy atom. The fourth-order valence-electron chi connectivity index (χ4n) is 2.41. The summed E-state index contributed by atoms with van der Waals surface area (Å²) in [6, 6.07) is 8.42. The minimum Gasteiger partial charge on any atom is -0.508 e. The van der Waals surface area contributed by atoms with E-state index in [1.807, 2.05) is 19.9 Å². The van der Waals surface area contributed by atoms with Crippen molar-refractivity contribution in [2.45, 2.75) is 26.7 Å². The molecular weight excluding hydrogens is 240 g/mol. The first kappa shape index (κ1) is 13.3. The molecule has 0 aliphatic heterocycles. The van der Waals surface area contributed by atoms with Gasteiger partial charge in [0.2, 0.25) is 0 Å². The number of hydrogen-bond donors (Lipinski definition) is 3. The molecule has 0 saturated carbocycles. The smallest absolute Gasteiger partial charge is 0.165 e. The largest absolute Gasteiger partial charge is 0.508 e. The molecule has 100 valence electrons. The van der Waals surface area contributed by atoms with Gasteiger partial charge in [0.15, 0.2) is 11.5 Å². The van der Waals surface area contributed by atoms with Crippen molar-refractivity contribution >= 4 is 0 Å². The van der Waals surface area contributed by atoms with Crippen LogP contribution in [0.25, 0.3) is 11.1 Å². The number of aryl methyl sites for hydroxylation is 1. The van der Waals surface area contributed by atoms with Gasteiger partial charge in [0.1, 0.15) is 5.75 Å². The number of phenols is 3. The molecule has 0 bridgehead atoms. The monoisotopic (exact) mass is 258 g/mol. The fourth-order valence-corrected chi connectivity index (χ4v) is 2.41. The SMILES string of the molecule is CCc1ccc(O)c(CC)c1-c1cccc(O)c1O. The number of benzene rings is 2. The van der Waals surface area contributed by atoms with E-state index in [1.165, 1.54) is 6.07 Å². The minimum absolute atomic E-state index is 0.141. The molecule has 0 heterocycles. The maximum Gasteiger partial charge on any atom is 0.165 e. The van der Waals surface area contributed by atoms with Crippen molar-refractivity contribution in [2.24, 2.45) is 0 Å². The van der Waals surface area contributed by atoms with Crippen molar-refractivity contribution in [3.05, 3.63) is 41.5 Å². The van der Waals surface area contributed by atoms with E-state index in [-0.39, 0.29) is 17.2 Å². The first-order valence-corrected chi connectivity index (χ1v) is 6.45. The summed E-state index contributed by atoms with van der Waals surface area (Å²) in [5.74, 6) is -0.0695. The van der Waals surface area contributed by atoms with Crippen LogP contribution in [0.4, 0.5) is 0 Å². The number of rotatable bonds is 3. The molecule has 0 unspecified atom stereocenters. The molecule has 2 aromatic rings. The second-order valence-electron chi connectivity index (χ2n) is 4.48. The second-order valence-corrected chi connectivity index (χ2v) is 4.48. The lowest BCUT2D eigenvalue weighted by Crippen LogP contribution is -1.95. The van der Waals surface area contributed by atoms with Gasteiger partial charge in [-0.3, -0.25) is 0 Å². The summed E-state index contributed by atoms with van der Waals surface area (Å²) in [5.41, 5.74) is 3.21. The number of phenolic OH excluding ortho intramolecular Hbond substituents is 3. The number of hydrogen-bond acceptors (Lipinski definition) is 3. The highest BCUT2D eigenvalue weighted by atomic mass is 16.3. The lowest BCUT2D eigenvalue weighted by molar-refractivity contribution is 0.405. The average Bonchev–Trinajstić information content (AvgIpc) is 2.41. The topological polar surface area (TPSA) is 60.7 Å². The predicted molar refractivity (Wildman–Crippen MR) is 75.6 cm³/mol. The first-order valence-electron chi connectivity index (χ1n) is 6.45. The van der Waals surface area contributed by atoms with Gasteiger partial charge >= 0.3 is 0 Å². The Balaban J connectivity index is 2.79. The van der Waals surface area contributed by atoms with Crippen LogP contribution >= 0.6 is 0 Å². The minimum atomic E-state index is -0.148. The third-order valence-electron chi connectivity index (χ3n) is 3.39. The Kier molecular flexibility index (Phi) is 3.65. The van der Waals surface area contributed by atoms with Gasteiger partial charge in [-0.15, -0.1) is 0 Å². The summed E-state index contributed by atoms with van der Waals surface area (Å²) >= 11 is 0. The lowest BCUT2D eigenvalue weighted by Gasteiger charge is -2.16. The lowest BCUT2D eigenvalue weighted by atomic mass is 9.90. The fraction of sp³-hybridized carbons (Fsp3) is 0.250. The van der Waals surface area contributed by atoms with Gasteiger partial charge in [-0.2, -0.15) is 0 Å². The van der Waals surface area contributed by atoms with Crippen LogP contribution in [0.15, 0.2) is 30.3 Å². The summed E-state index contributed by atoms with van der Waals surface area (Å²) in [5, 5.41) is 29.7. The van der Waals surface area contributed by atoms with Crippen LogP contribution in [-0.4, -0.2) is 15.3 Å². The zero-order valence-corrected chi connectivity index (χ0v) is 11.1. The van der Waals surface area contributed by atoms with Gasteiger partial charge < -0.3 is 15.3 Å². The highest BCUT2D eigenvalue weighted by molar-refractivity contribution is 5.80. The Hall–Kier alpha value is -2.16. The summed E-state index contributed by atoms with van der Waals surface area (Å²) in [6.07, 6.45) is 1.45. The summed E-state index contributed by atoms with van der Waals surface area (Å²) in [6.45, 7) is 3.98. The summed E-state index contributed by atoms with van der Waals surface area (Å²) in [7, 11) is 0. The van der Waals surface area contributed by atoms with Crippen molar-refractivity contribution in [1.82, 2.24) is 0 Å². The zero-order valence-electron chi connectivity index (χ0n) is 11.1. The van der Waals surface area contributed by atoms with Gasteiger partial charge in [0.05, 0.1) is 0 Å². The zero-order chi connectivity index (χ0) is 14.0. The maximum atomic E-state index is 10.1. The predicted octanol–water partition coefficient (Wildman–Crippen LogP) is 3.60. The second kappa shape index (κ2) is 5.22. The van der Waals surface area contributed by atoms with Crippen molar-refractivity contribution < 1.29 is 15.3 Å². The molecule has 2 aromatic carbocycles. The highest BCUT2D eigenvalue weighted by Crippen LogP contribution is 2.42. The third kappa shape index (κ3) is 2.24. The van der Waals surface area contributed by atoms with Gasteiger partial charge in [-0.25, -0.2) is 0 Å². The van der Waals surface area contributed by atoms with Crippen LogP contribution in [0.1, 0.15) is 25.0 Å². The Labute approximate surface area is 112 Å². The third-order valence-corrected chi connectivity index (χ3v) is 3.39. The molecule has 0 atom stereocenters.